The predicted octanol–water partition coefficient (Wildman–Crippen LogP) is 6.05. The maximum Gasteiger partial charge on any atom is 0.434 e. The Hall–Kier alpha value is -4.09. The molecule has 0 saturated heterocycles. The Labute approximate surface area is 208 Å². The third kappa shape index (κ3) is 5.52. The lowest BCUT2D eigenvalue weighted by molar-refractivity contribution is -0.140. The number of nitrogens with one attached hydrogen (secondary N) is 1. The highest BCUT2D eigenvalue weighted by atomic mass is 19.4. The molecular formula is C25H21F5N6O. The van der Waals surface area contributed by atoms with Crippen molar-refractivity contribution < 1.29 is 26.7 Å². The minimum atomic E-state index is -4.54. The van der Waals surface area contributed by atoms with Gasteiger partial charge in [-0.15, -0.1) is 0 Å². The summed E-state index contributed by atoms with van der Waals surface area (Å²) in [7, 11) is 1.49. The number of hydrogen-bond donors (Lipinski definition) is 1. The number of aryl methyl sites for hydroxylation is 1. The Balaban J connectivity index is 1.37. The Morgan fingerprint density at radius 3 is 2.49 bits per heavy atom. The minimum Gasteiger partial charge on any atom is -0.429 e. The highest BCUT2D eigenvalue weighted by Crippen LogP contribution is 2.43. The summed E-state index contributed by atoms with van der Waals surface area (Å²) in [6.07, 6.45) is 1.33. The number of ether oxygens (including phenoxy) is 1. The number of nitrogens with zero attached hydrogens (tertiary/aromatic N) is 5. The van der Waals surface area contributed by atoms with Gasteiger partial charge in [-0.05, 0) is 30.5 Å². The normalized spacial score (nSPS) is 13.7. The van der Waals surface area contributed by atoms with Crippen LogP contribution in [-0.4, -0.2) is 31.1 Å². The number of hydrogen-bond acceptors (Lipinski definition) is 6. The van der Waals surface area contributed by atoms with Crippen molar-refractivity contribution in [2.24, 2.45) is 7.05 Å². The van der Waals surface area contributed by atoms with Crippen LogP contribution in [0.3, 0.4) is 0 Å². The summed E-state index contributed by atoms with van der Waals surface area (Å²) in [6.45, 7) is -2.87. The second-order valence-electron chi connectivity index (χ2n) is 8.60. The molecule has 1 aliphatic rings. The number of pyridine rings is 1. The first-order valence-electron chi connectivity index (χ1n) is 11.4. The number of benzene rings is 1. The van der Waals surface area contributed by atoms with Crippen LogP contribution in [0, 0.1) is 0 Å². The van der Waals surface area contributed by atoms with Crippen molar-refractivity contribution in [1.82, 2.24) is 24.5 Å². The Morgan fingerprint density at radius 2 is 1.84 bits per heavy atom. The summed E-state index contributed by atoms with van der Waals surface area (Å²) < 4.78 is 70.8. The van der Waals surface area contributed by atoms with E-state index in [4.69, 9.17) is 0 Å². The molecule has 1 N–H and O–H groups in total. The monoisotopic (exact) mass is 516 g/mol. The number of rotatable bonds is 8. The van der Waals surface area contributed by atoms with Crippen molar-refractivity contribution in [2.75, 3.05) is 5.32 Å². The summed E-state index contributed by atoms with van der Waals surface area (Å²) in [5.74, 6) is 0.712. The lowest BCUT2D eigenvalue weighted by Gasteiger charge is -2.14. The van der Waals surface area contributed by atoms with Gasteiger partial charge in [-0.2, -0.15) is 22.0 Å². The predicted molar refractivity (Wildman–Crippen MR) is 125 cm³/mol. The summed E-state index contributed by atoms with van der Waals surface area (Å²) >= 11 is 0. The highest BCUT2D eigenvalue weighted by Gasteiger charge is 2.34. The number of aromatic nitrogens is 5. The van der Waals surface area contributed by atoms with E-state index >= 15 is 0 Å². The summed E-state index contributed by atoms with van der Waals surface area (Å²) in [6, 6.07) is 10.3. The van der Waals surface area contributed by atoms with Gasteiger partial charge in [0.05, 0.1) is 11.9 Å². The lowest BCUT2D eigenvalue weighted by atomic mass is 10.1. The van der Waals surface area contributed by atoms with Gasteiger partial charge in [-0.1, -0.05) is 24.3 Å². The summed E-state index contributed by atoms with van der Waals surface area (Å²) in [5.41, 5.74) is 1.86. The molecule has 0 radical (unpaired) electrons. The van der Waals surface area contributed by atoms with Crippen molar-refractivity contribution in [1.29, 1.82) is 0 Å². The number of halogens is 5. The Bertz CT molecular complexity index is 1400. The van der Waals surface area contributed by atoms with Crippen LogP contribution in [0.15, 0.2) is 55.0 Å². The first-order chi connectivity index (χ1) is 17.7. The topological polar surface area (TPSA) is 77.8 Å². The molecule has 3 aromatic heterocycles. The fourth-order valence-electron chi connectivity index (χ4n) is 3.93. The van der Waals surface area contributed by atoms with Crippen LogP contribution < -0.4 is 10.1 Å². The molecule has 37 heavy (non-hydrogen) atoms. The quantitative estimate of drug-likeness (QED) is 0.288. The molecule has 0 atom stereocenters. The van der Waals surface area contributed by atoms with E-state index in [0.717, 1.165) is 35.9 Å². The zero-order valence-electron chi connectivity index (χ0n) is 19.5. The van der Waals surface area contributed by atoms with E-state index in [2.05, 4.69) is 30.0 Å². The molecule has 5 rings (SSSR count). The van der Waals surface area contributed by atoms with Crippen molar-refractivity contribution >= 4 is 5.82 Å². The van der Waals surface area contributed by atoms with Crippen molar-refractivity contribution in [3.05, 3.63) is 71.9 Å². The maximum atomic E-state index is 13.0. The zero-order valence-corrected chi connectivity index (χ0v) is 19.5. The average molecular weight is 516 g/mol. The molecule has 7 nitrogen and oxygen atoms in total. The summed E-state index contributed by atoms with van der Waals surface area (Å²) in [4.78, 5) is 16.8. The third-order valence-electron chi connectivity index (χ3n) is 5.85. The molecule has 0 aliphatic heterocycles. The van der Waals surface area contributed by atoms with Crippen LogP contribution in [0.1, 0.15) is 35.7 Å². The van der Waals surface area contributed by atoms with Crippen LogP contribution in [-0.2, 0) is 19.8 Å². The summed E-state index contributed by atoms with van der Waals surface area (Å²) in [5, 5.41) is 3.00. The Kier molecular flexibility index (Phi) is 6.48. The van der Waals surface area contributed by atoms with Crippen LogP contribution in [0.4, 0.5) is 27.8 Å². The van der Waals surface area contributed by atoms with Gasteiger partial charge in [-0.25, -0.2) is 15.0 Å². The van der Waals surface area contributed by atoms with Gasteiger partial charge in [0, 0.05) is 43.0 Å². The van der Waals surface area contributed by atoms with Crippen LogP contribution in [0.25, 0.3) is 22.8 Å². The first-order valence-corrected chi connectivity index (χ1v) is 11.4. The second kappa shape index (κ2) is 9.75. The molecule has 3 heterocycles. The molecule has 1 aliphatic carbocycles. The van der Waals surface area contributed by atoms with E-state index < -0.39 is 18.5 Å². The van der Waals surface area contributed by atoms with Gasteiger partial charge in [0.25, 0.3) is 0 Å². The molecule has 1 aromatic carbocycles. The van der Waals surface area contributed by atoms with Gasteiger partial charge < -0.3 is 14.6 Å². The highest BCUT2D eigenvalue weighted by molar-refractivity contribution is 5.63. The van der Waals surface area contributed by atoms with E-state index in [0.29, 0.717) is 17.3 Å². The fraction of sp³-hybridized carbons (Fsp3) is 0.280. The van der Waals surface area contributed by atoms with E-state index in [9.17, 15) is 22.0 Å². The van der Waals surface area contributed by atoms with Gasteiger partial charge in [0.2, 0.25) is 0 Å². The van der Waals surface area contributed by atoms with Gasteiger partial charge in [0.1, 0.15) is 5.82 Å². The van der Waals surface area contributed by atoms with Gasteiger partial charge >= 0.3 is 12.8 Å². The first kappa shape index (κ1) is 24.6. The van der Waals surface area contributed by atoms with Crippen LogP contribution >= 0.6 is 0 Å². The van der Waals surface area contributed by atoms with E-state index in [1.54, 1.807) is 36.5 Å². The minimum absolute atomic E-state index is 0.0823. The van der Waals surface area contributed by atoms with E-state index in [1.165, 1.54) is 17.8 Å². The van der Waals surface area contributed by atoms with Crippen LogP contribution in [0.2, 0.25) is 0 Å². The number of imidazole rings is 1. The SMILES string of the molecule is Cn1cc(C(F)(F)F)nc1-c1ccc(CNc2nc(-c3cccnc3C3CC3)ncc2OC(F)F)cc1. The van der Waals surface area contributed by atoms with E-state index in [1.807, 2.05) is 6.07 Å². The molecule has 1 fully saturated rings. The molecule has 0 spiro atoms. The third-order valence-corrected chi connectivity index (χ3v) is 5.85. The number of alkyl halides is 5. The van der Waals surface area contributed by atoms with Crippen molar-refractivity contribution in [3.8, 4) is 28.5 Å². The molecule has 4 aromatic rings. The molecule has 0 amide bonds. The average Bonchev–Trinajstić information content (AvgIpc) is 3.63. The van der Waals surface area contributed by atoms with Crippen molar-refractivity contribution in [2.45, 2.75) is 38.1 Å². The molecular weight excluding hydrogens is 495 g/mol. The van der Waals surface area contributed by atoms with E-state index in [-0.39, 0.29) is 23.9 Å². The van der Waals surface area contributed by atoms with Crippen LogP contribution in [0.5, 0.6) is 5.75 Å². The molecule has 0 bridgehead atoms. The standard InChI is InChI=1S/C25H21F5N6O/c1-36-13-19(25(28,29)30)34-23(36)16-6-4-14(5-7-16)11-32-22-18(37-24(26)27)12-33-21(35-22)17-3-2-10-31-20(17)15-8-9-15/h2-7,10,12-13,15,24H,8-9,11H2,1H3,(H,32,33,35). The maximum absolute atomic E-state index is 13.0. The Morgan fingerprint density at radius 1 is 1.08 bits per heavy atom. The smallest absolute Gasteiger partial charge is 0.429 e. The fourth-order valence-corrected chi connectivity index (χ4v) is 3.93. The molecule has 0 unspecified atom stereocenters. The molecule has 12 heteroatoms. The van der Waals surface area contributed by atoms with Crippen molar-refractivity contribution in [3.63, 3.8) is 0 Å². The van der Waals surface area contributed by atoms with Gasteiger partial charge in [-0.3, -0.25) is 4.98 Å². The van der Waals surface area contributed by atoms with Gasteiger partial charge in [0.15, 0.2) is 23.1 Å². The second-order valence-corrected chi connectivity index (χ2v) is 8.60. The molecule has 192 valence electrons. The molecule has 1 saturated carbocycles. The number of anilines is 1. The lowest BCUT2D eigenvalue weighted by Crippen LogP contribution is -2.10. The largest absolute Gasteiger partial charge is 0.434 e. The zero-order chi connectivity index (χ0) is 26.2.